The summed E-state index contributed by atoms with van der Waals surface area (Å²) in [5, 5.41) is 11.4. The molecule has 2 aliphatic carbocycles. The molecule has 6 rings (SSSR count). The maximum Gasteiger partial charge on any atom is 0.416 e. The van der Waals surface area contributed by atoms with Crippen molar-refractivity contribution in [3.63, 3.8) is 0 Å². The Labute approximate surface area is 255 Å². The standard InChI is InChI=1S/C27H30F3NO3.C6H14.CH4S/c1-15(2)23-21-22(20-18(31-23)13-25(7-8-25)14-19(20)32)26(9-11-33-12-10-26)34-24(21)16-3-5-17(6-4-16)27(28,29)30;1-5-6(2,3)4;1-2/h3-6,15,19,24,32H,7-14H2,1-2H3;5H2,1-4H3;2H,1H3/t19?,24-;;/m0../s1. The fourth-order valence-corrected chi connectivity index (χ4v) is 6.36. The molecule has 1 unspecified atom stereocenters. The number of hydrogen-bond acceptors (Lipinski definition) is 5. The summed E-state index contributed by atoms with van der Waals surface area (Å²) in [7, 11) is 0. The lowest BCUT2D eigenvalue weighted by Crippen LogP contribution is -2.36. The Morgan fingerprint density at radius 2 is 1.57 bits per heavy atom. The van der Waals surface area contributed by atoms with Gasteiger partial charge in [0.15, 0.2) is 0 Å². The van der Waals surface area contributed by atoms with E-state index in [1.807, 2.05) is 0 Å². The number of thiol groups is 1. The first kappa shape index (κ1) is 33.3. The second-order valence-electron chi connectivity index (χ2n) is 13.8. The van der Waals surface area contributed by atoms with Gasteiger partial charge in [0, 0.05) is 48.6 Å². The summed E-state index contributed by atoms with van der Waals surface area (Å²) in [5.41, 5.74) is 4.93. The summed E-state index contributed by atoms with van der Waals surface area (Å²) in [6.45, 7) is 14.2. The maximum atomic E-state index is 13.2. The van der Waals surface area contributed by atoms with Crippen molar-refractivity contribution in [3.8, 4) is 0 Å². The minimum Gasteiger partial charge on any atom is -0.388 e. The van der Waals surface area contributed by atoms with Crippen molar-refractivity contribution in [3.05, 3.63) is 63.5 Å². The predicted molar refractivity (Wildman–Crippen MR) is 164 cm³/mol. The average Bonchev–Trinajstić information content (AvgIpc) is 3.61. The molecule has 4 aliphatic rings. The van der Waals surface area contributed by atoms with Crippen LogP contribution in [0.2, 0.25) is 0 Å². The Bertz CT molecular complexity index is 1230. The summed E-state index contributed by atoms with van der Waals surface area (Å²) < 4.78 is 52.1. The van der Waals surface area contributed by atoms with Gasteiger partial charge < -0.3 is 14.6 Å². The second-order valence-corrected chi connectivity index (χ2v) is 13.8. The van der Waals surface area contributed by atoms with Crippen LogP contribution in [0.4, 0.5) is 13.2 Å². The highest BCUT2D eigenvalue weighted by molar-refractivity contribution is 7.79. The van der Waals surface area contributed by atoms with E-state index in [2.05, 4.69) is 54.2 Å². The highest BCUT2D eigenvalue weighted by atomic mass is 32.1. The number of aliphatic hydroxyl groups is 1. The zero-order valence-electron chi connectivity index (χ0n) is 26.2. The lowest BCUT2D eigenvalue weighted by Gasteiger charge is -2.38. The largest absolute Gasteiger partial charge is 0.416 e. The van der Waals surface area contributed by atoms with Crippen LogP contribution in [0.25, 0.3) is 0 Å². The quantitative estimate of drug-likeness (QED) is 0.335. The zero-order valence-corrected chi connectivity index (χ0v) is 27.1. The Kier molecular flexibility index (Phi) is 9.84. The molecule has 1 saturated carbocycles. The molecule has 4 nitrogen and oxygen atoms in total. The van der Waals surface area contributed by atoms with Gasteiger partial charge in [-0.2, -0.15) is 25.8 Å². The molecule has 2 spiro atoms. The Morgan fingerprint density at radius 1 is 1.00 bits per heavy atom. The van der Waals surface area contributed by atoms with Crippen LogP contribution >= 0.6 is 12.6 Å². The van der Waals surface area contributed by atoms with E-state index < -0.39 is 29.5 Å². The van der Waals surface area contributed by atoms with Gasteiger partial charge in [-0.25, -0.2) is 0 Å². The van der Waals surface area contributed by atoms with Crippen LogP contribution in [0, 0.1) is 10.8 Å². The molecule has 42 heavy (non-hydrogen) atoms. The minimum absolute atomic E-state index is 0.115. The normalized spacial score (nSPS) is 23.5. The number of nitrogens with zero attached hydrogens (tertiary/aromatic N) is 1. The Hall–Kier alpha value is -1.61. The molecule has 1 aromatic carbocycles. The number of fused-ring (bicyclic) bond motifs is 4. The van der Waals surface area contributed by atoms with Gasteiger partial charge in [-0.05, 0) is 71.9 Å². The molecular weight excluding hydrogens is 559 g/mol. The second kappa shape index (κ2) is 12.4. The van der Waals surface area contributed by atoms with Gasteiger partial charge >= 0.3 is 6.18 Å². The molecule has 1 saturated heterocycles. The van der Waals surface area contributed by atoms with Crippen LogP contribution < -0.4 is 0 Å². The Morgan fingerprint density at radius 3 is 2.05 bits per heavy atom. The fourth-order valence-electron chi connectivity index (χ4n) is 6.36. The van der Waals surface area contributed by atoms with Crippen LogP contribution in [0.5, 0.6) is 0 Å². The Balaban J connectivity index is 0.000000453. The van der Waals surface area contributed by atoms with E-state index >= 15 is 0 Å². The van der Waals surface area contributed by atoms with Crippen molar-refractivity contribution in [2.45, 2.75) is 116 Å². The maximum absolute atomic E-state index is 13.2. The number of ether oxygens (including phenoxy) is 2. The first-order chi connectivity index (χ1) is 19.7. The van der Waals surface area contributed by atoms with Crippen molar-refractivity contribution >= 4 is 12.6 Å². The summed E-state index contributed by atoms with van der Waals surface area (Å²) in [5.74, 6) is 0.115. The number of aliphatic hydroxyl groups excluding tert-OH is 1. The van der Waals surface area contributed by atoms with Gasteiger partial charge in [-0.1, -0.05) is 60.1 Å². The number of aromatic nitrogens is 1. The third-order valence-electron chi connectivity index (χ3n) is 9.35. The number of hydrogen-bond donors (Lipinski definition) is 2. The van der Waals surface area contributed by atoms with E-state index in [4.69, 9.17) is 14.5 Å². The van der Waals surface area contributed by atoms with Gasteiger partial charge in [0.05, 0.1) is 17.3 Å². The van der Waals surface area contributed by atoms with Gasteiger partial charge in [0.1, 0.15) is 6.10 Å². The lowest BCUT2D eigenvalue weighted by atomic mass is 9.73. The van der Waals surface area contributed by atoms with Crippen molar-refractivity contribution in [1.29, 1.82) is 0 Å². The molecule has 234 valence electrons. The summed E-state index contributed by atoms with van der Waals surface area (Å²) in [6, 6.07) is 5.30. The van der Waals surface area contributed by atoms with E-state index in [-0.39, 0.29) is 11.3 Å². The number of pyridine rings is 1. The first-order valence-corrected chi connectivity index (χ1v) is 16.2. The monoisotopic (exact) mass is 607 g/mol. The molecule has 2 atom stereocenters. The molecule has 2 fully saturated rings. The highest BCUT2D eigenvalue weighted by Gasteiger charge is 2.55. The molecular formula is C34H48F3NO3S. The highest BCUT2D eigenvalue weighted by Crippen LogP contribution is 2.62. The van der Waals surface area contributed by atoms with Crippen LogP contribution in [-0.2, 0) is 27.7 Å². The van der Waals surface area contributed by atoms with E-state index in [1.165, 1.54) is 18.6 Å². The summed E-state index contributed by atoms with van der Waals surface area (Å²) in [6.07, 6.45) is 2.65. The smallest absolute Gasteiger partial charge is 0.388 e. The molecule has 0 radical (unpaired) electrons. The molecule has 2 aromatic rings. The SMILES string of the molecule is CC(C)c1nc2c(c3c1[C@H](c1ccc(C(F)(F)F)cc1)OC31CCOCC1)C(O)CC1(CC1)C2.CCC(C)(C)C.CS. The summed E-state index contributed by atoms with van der Waals surface area (Å²) >= 11 is 3.53. The predicted octanol–water partition coefficient (Wildman–Crippen LogP) is 9.10. The van der Waals surface area contributed by atoms with Crippen molar-refractivity contribution in [2.24, 2.45) is 10.8 Å². The molecule has 0 amide bonds. The van der Waals surface area contributed by atoms with Crippen LogP contribution in [-0.4, -0.2) is 29.6 Å². The van der Waals surface area contributed by atoms with Crippen molar-refractivity contribution in [1.82, 2.24) is 4.98 Å². The minimum atomic E-state index is -4.39. The van der Waals surface area contributed by atoms with Crippen molar-refractivity contribution < 1.29 is 27.8 Å². The number of rotatable bonds is 2. The molecule has 2 aliphatic heterocycles. The van der Waals surface area contributed by atoms with Crippen LogP contribution in [0.15, 0.2) is 24.3 Å². The first-order valence-electron chi connectivity index (χ1n) is 15.3. The van der Waals surface area contributed by atoms with E-state index in [0.717, 1.165) is 65.9 Å². The van der Waals surface area contributed by atoms with E-state index in [0.29, 0.717) is 37.0 Å². The van der Waals surface area contributed by atoms with E-state index in [9.17, 15) is 18.3 Å². The molecule has 3 heterocycles. The van der Waals surface area contributed by atoms with Gasteiger partial charge in [-0.3, -0.25) is 4.98 Å². The molecule has 1 N–H and O–H groups in total. The van der Waals surface area contributed by atoms with Gasteiger partial charge in [-0.15, -0.1) is 0 Å². The summed E-state index contributed by atoms with van der Waals surface area (Å²) in [4.78, 5) is 5.13. The van der Waals surface area contributed by atoms with Gasteiger partial charge in [0.2, 0.25) is 0 Å². The third-order valence-corrected chi connectivity index (χ3v) is 9.35. The third kappa shape index (κ3) is 6.72. The molecule has 1 aromatic heterocycles. The average molecular weight is 608 g/mol. The van der Waals surface area contributed by atoms with E-state index in [1.54, 1.807) is 6.26 Å². The lowest BCUT2D eigenvalue weighted by molar-refractivity contribution is -0.137. The fraction of sp³-hybridized carbons (Fsp3) is 0.676. The van der Waals surface area contributed by atoms with Crippen LogP contribution in [0.3, 0.4) is 0 Å². The zero-order chi connectivity index (χ0) is 31.1. The van der Waals surface area contributed by atoms with Crippen molar-refractivity contribution in [2.75, 3.05) is 19.5 Å². The number of benzene rings is 1. The number of halogens is 3. The molecule has 8 heteroatoms. The topological polar surface area (TPSA) is 51.6 Å². The van der Waals surface area contributed by atoms with Crippen LogP contribution in [0.1, 0.15) is 137 Å². The van der Waals surface area contributed by atoms with Gasteiger partial charge in [0.25, 0.3) is 0 Å². The molecule has 0 bridgehead atoms. The number of alkyl halides is 3.